The topological polar surface area (TPSA) is 98.0 Å². The van der Waals surface area contributed by atoms with Crippen molar-refractivity contribution in [3.63, 3.8) is 0 Å². The molecule has 2 heterocycles. The predicted molar refractivity (Wildman–Crippen MR) is 134 cm³/mol. The fourth-order valence-electron chi connectivity index (χ4n) is 4.54. The van der Waals surface area contributed by atoms with Gasteiger partial charge < -0.3 is 15.8 Å². The summed E-state index contributed by atoms with van der Waals surface area (Å²) in [4.78, 5) is 26.2. The largest absolute Gasteiger partial charge is 0.618 e. The van der Waals surface area contributed by atoms with Crippen LogP contribution in [0.25, 0.3) is 11.1 Å². The lowest BCUT2D eigenvalue weighted by Crippen LogP contribution is -2.49. The lowest BCUT2D eigenvalue weighted by atomic mass is 9.83. The molecule has 1 saturated carbocycles. The Labute approximate surface area is 212 Å². The summed E-state index contributed by atoms with van der Waals surface area (Å²) in [6, 6.07) is 4.89. The van der Waals surface area contributed by atoms with Crippen LogP contribution >= 0.6 is 23.1 Å². The van der Waals surface area contributed by atoms with Crippen LogP contribution in [0.3, 0.4) is 0 Å². The van der Waals surface area contributed by atoms with Crippen molar-refractivity contribution in [3.05, 3.63) is 68.8 Å². The van der Waals surface area contributed by atoms with Gasteiger partial charge in [-0.1, -0.05) is 30.9 Å². The molecule has 2 aromatic heterocycles. The van der Waals surface area contributed by atoms with Gasteiger partial charge >= 0.3 is 0 Å². The molecule has 0 bridgehead atoms. The molecular formula is C25H26ClFN4O3S. The Morgan fingerprint density at radius 1 is 1.23 bits per heavy atom. The lowest BCUT2D eigenvalue weighted by Gasteiger charge is -2.30. The van der Waals surface area contributed by atoms with Crippen LogP contribution in [0.1, 0.15) is 53.8 Å². The summed E-state index contributed by atoms with van der Waals surface area (Å²) in [6.45, 7) is 3.31. The molecule has 0 aliphatic heterocycles. The SMILES string of the molecule is Cc1nscc1C(=O)N[C@H](C(=O)Nc1ccc(-c2c(Cl)cc[n+]([O-])c2C)c(F)c1)C1CCCCC1. The van der Waals surface area contributed by atoms with Crippen LogP contribution in [0.2, 0.25) is 5.02 Å². The Morgan fingerprint density at radius 2 is 1.97 bits per heavy atom. The number of aromatic nitrogens is 2. The Bertz CT molecular complexity index is 1260. The highest BCUT2D eigenvalue weighted by atomic mass is 35.5. The van der Waals surface area contributed by atoms with Crippen molar-refractivity contribution in [3.8, 4) is 11.1 Å². The molecule has 1 aromatic carbocycles. The van der Waals surface area contributed by atoms with Crippen LogP contribution in [0.4, 0.5) is 10.1 Å². The number of anilines is 1. The number of carbonyl (C=O) groups is 2. The fourth-order valence-corrected chi connectivity index (χ4v) is 5.53. The molecule has 7 nitrogen and oxygen atoms in total. The smallest absolute Gasteiger partial charge is 0.254 e. The van der Waals surface area contributed by atoms with Crippen LogP contribution in [-0.2, 0) is 4.79 Å². The van der Waals surface area contributed by atoms with E-state index in [1.807, 2.05) is 0 Å². The van der Waals surface area contributed by atoms with Crippen LogP contribution < -0.4 is 15.4 Å². The van der Waals surface area contributed by atoms with Gasteiger partial charge in [-0.3, -0.25) is 9.59 Å². The highest BCUT2D eigenvalue weighted by Gasteiger charge is 2.32. The van der Waals surface area contributed by atoms with Crippen LogP contribution in [0, 0.1) is 30.8 Å². The number of pyridine rings is 1. The van der Waals surface area contributed by atoms with Gasteiger partial charge in [-0.2, -0.15) is 9.10 Å². The summed E-state index contributed by atoms with van der Waals surface area (Å²) in [5.74, 6) is -1.38. The number of aryl methyl sites for hydroxylation is 1. The van der Waals surface area contributed by atoms with E-state index in [9.17, 15) is 14.8 Å². The highest BCUT2D eigenvalue weighted by molar-refractivity contribution is 7.03. The quantitative estimate of drug-likeness (QED) is 0.349. The maximum Gasteiger partial charge on any atom is 0.254 e. The number of carbonyl (C=O) groups excluding carboxylic acids is 2. The zero-order chi connectivity index (χ0) is 25.1. The normalized spacial score (nSPS) is 15.0. The molecule has 0 spiro atoms. The standard InChI is InChI=1S/C25H26ClFN4O3S/c1-14-19(13-35-30-14)24(32)29-23(16-6-4-3-5-7-16)25(33)28-17-8-9-18(21(27)12-17)22-15(2)31(34)11-10-20(22)26/h8-13,16,23H,3-7H2,1-2H3,(H,28,33)(H,29,32)/t23-/m0/s1. The fraction of sp³-hybridized carbons (Fsp3) is 0.360. The zero-order valence-corrected chi connectivity index (χ0v) is 21.0. The van der Waals surface area contributed by atoms with Crippen molar-refractivity contribution < 1.29 is 18.7 Å². The molecule has 10 heteroatoms. The molecule has 1 aliphatic carbocycles. The van der Waals surface area contributed by atoms with E-state index in [0.717, 1.165) is 32.1 Å². The predicted octanol–water partition coefficient (Wildman–Crippen LogP) is 5.17. The van der Waals surface area contributed by atoms with E-state index >= 15 is 4.39 Å². The molecule has 1 aliphatic rings. The first-order valence-electron chi connectivity index (χ1n) is 11.5. The number of benzene rings is 1. The van der Waals surface area contributed by atoms with Crippen molar-refractivity contribution in [1.29, 1.82) is 0 Å². The van der Waals surface area contributed by atoms with Crippen molar-refractivity contribution in [2.75, 3.05) is 5.32 Å². The maximum absolute atomic E-state index is 15.1. The number of hydrogen-bond donors (Lipinski definition) is 2. The van der Waals surface area contributed by atoms with Crippen molar-refractivity contribution >= 4 is 40.6 Å². The number of nitrogens with one attached hydrogen (secondary N) is 2. The van der Waals surface area contributed by atoms with E-state index in [2.05, 4.69) is 15.0 Å². The molecule has 0 radical (unpaired) electrons. The third kappa shape index (κ3) is 5.46. The van der Waals surface area contributed by atoms with E-state index in [4.69, 9.17) is 11.6 Å². The number of hydrogen-bond acceptors (Lipinski definition) is 5. The molecule has 2 N–H and O–H groups in total. The maximum atomic E-state index is 15.1. The molecule has 4 rings (SSSR count). The highest BCUT2D eigenvalue weighted by Crippen LogP contribution is 2.33. The lowest BCUT2D eigenvalue weighted by molar-refractivity contribution is -0.611. The molecule has 0 saturated heterocycles. The minimum Gasteiger partial charge on any atom is -0.618 e. The van der Waals surface area contributed by atoms with E-state index in [-0.39, 0.29) is 33.8 Å². The average Bonchev–Trinajstić information content (AvgIpc) is 3.27. The minimum absolute atomic E-state index is 0.0120. The van der Waals surface area contributed by atoms with Gasteiger partial charge in [0.1, 0.15) is 11.9 Å². The molecule has 3 aromatic rings. The van der Waals surface area contributed by atoms with E-state index in [0.29, 0.717) is 21.6 Å². The summed E-state index contributed by atoms with van der Waals surface area (Å²) < 4.78 is 19.8. The van der Waals surface area contributed by atoms with E-state index in [1.165, 1.54) is 35.9 Å². The minimum atomic E-state index is -0.755. The van der Waals surface area contributed by atoms with Crippen molar-refractivity contribution in [1.82, 2.24) is 9.69 Å². The molecule has 1 fully saturated rings. The molecule has 35 heavy (non-hydrogen) atoms. The molecule has 1 atom stereocenters. The van der Waals surface area contributed by atoms with Gasteiger partial charge in [-0.05, 0) is 55.4 Å². The molecule has 0 unspecified atom stereocenters. The number of halogens is 2. The summed E-state index contributed by atoms with van der Waals surface area (Å²) in [7, 11) is 0. The van der Waals surface area contributed by atoms with Crippen molar-refractivity contribution in [2.45, 2.75) is 52.0 Å². The number of rotatable bonds is 6. The first kappa shape index (κ1) is 25.1. The molecule has 184 valence electrons. The monoisotopic (exact) mass is 516 g/mol. The second-order valence-electron chi connectivity index (χ2n) is 8.80. The number of nitrogens with zero attached hydrogens (tertiary/aromatic N) is 2. The number of amides is 2. The Morgan fingerprint density at radius 3 is 2.63 bits per heavy atom. The van der Waals surface area contributed by atoms with Gasteiger partial charge in [0.25, 0.3) is 5.91 Å². The average molecular weight is 517 g/mol. The van der Waals surface area contributed by atoms with Crippen LogP contribution in [0.15, 0.2) is 35.8 Å². The Kier molecular flexibility index (Phi) is 7.66. The van der Waals surface area contributed by atoms with Gasteiger partial charge in [0, 0.05) is 29.6 Å². The molecule has 2 amide bonds. The zero-order valence-electron chi connectivity index (χ0n) is 19.4. The van der Waals surface area contributed by atoms with Gasteiger partial charge in [-0.15, -0.1) is 0 Å². The van der Waals surface area contributed by atoms with Crippen LogP contribution in [-0.4, -0.2) is 22.2 Å². The van der Waals surface area contributed by atoms with Gasteiger partial charge in [-0.25, -0.2) is 4.39 Å². The summed E-state index contributed by atoms with van der Waals surface area (Å²) in [5.41, 5.74) is 2.04. The second-order valence-corrected chi connectivity index (χ2v) is 9.83. The Hall–Kier alpha value is -3.04. The summed E-state index contributed by atoms with van der Waals surface area (Å²) in [5, 5.41) is 19.5. The first-order valence-corrected chi connectivity index (χ1v) is 12.7. The third-order valence-corrected chi connectivity index (χ3v) is 7.51. The van der Waals surface area contributed by atoms with E-state index in [1.54, 1.807) is 25.3 Å². The second kappa shape index (κ2) is 10.7. The van der Waals surface area contributed by atoms with Crippen LogP contribution in [0.5, 0.6) is 0 Å². The van der Waals surface area contributed by atoms with Crippen molar-refractivity contribution in [2.24, 2.45) is 5.92 Å². The molecular weight excluding hydrogens is 491 g/mol. The third-order valence-electron chi connectivity index (χ3n) is 6.48. The summed E-state index contributed by atoms with van der Waals surface area (Å²) in [6.07, 6.45) is 6.00. The first-order chi connectivity index (χ1) is 16.8. The van der Waals surface area contributed by atoms with Gasteiger partial charge in [0.2, 0.25) is 5.91 Å². The van der Waals surface area contributed by atoms with E-state index < -0.39 is 17.8 Å². The summed E-state index contributed by atoms with van der Waals surface area (Å²) >= 11 is 7.42. The van der Waals surface area contributed by atoms with Gasteiger partial charge in [0.05, 0.1) is 21.8 Å². The van der Waals surface area contributed by atoms with Gasteiger partial charge in [0.15, 0.2) is 11.9 Å². The Balaban J connectivity index is 1.57.